The molecular formula is C22H30N4O3S. The van der Waals surface area contributed by atoms with E-state index in [1.165, 1.54) is 12.8 Å². The predicted octanol–water partition coefficient (Wildman–Crippen LogP) is 2.86. The third-order valence-electron chi connectivity index (χ3n) is 6.02. The average molecular weight is 431 g/mol. The van der Waals surface area contributed by atoms with E-state index < -0.39 is 10.0 Å². The molecule has 1 saturated heterocycles. The molecule has 2 aliphatic rings. The molecule has 1 aliphatic carbocycles. The molecule has 1 amide bonds. The largest absolute Gasteiger partial charge is 0.352 e. The summed E-state index contributed by atoms with van der Waals surface area (Å²) in [6.45, 7) is 5.95. The Morgan fingerprint density at radius 1 is 1.10 bits per heavy atom. The number of aromatic nitrogens is 2. The summed E-state index contributed by atoms with van der Waals surface area (Å²) in [7, 11) is -3.52. The minimum Gasteiger partial charge on any atom is -0.352 e. The lowest BCUT2D eigenvalue weighted by Gasteiger charge is -2.26. The first-order chi connectivity index (χ1) is 14.4. The van der Waals surface area contributed by atoms with Crippen molar-refractivity contribution in [1.29, 1.82) is 0 Å². The minimum absolute atomic E-state index is 0.0468. The Hall–Kier alpha value is -2.19. The first-order valence-corrected chi connectivity index (χ1v) is 12.2. The number of piperidine rings is 1. The van der Waals surface area contributed by atoms with Crippen molar-refractivity contribution in [3.63, 3.8) is 0 Å². The van der Waals surface area contributed by atoms with Crippen molar-refractivity contribution < 1.29 is 13.2 Å². The van der Waals surface area contributed by atoms with Crippen molar-refractivity contribution in [1.82, 2.24) is 19.4 Å². The van der Waals surface area contributed by atoms with Crippen molar-refractivity contribution in [3.05, 3.63) is 46.8 Å². The third kappa shape index (κ3) is 4.44. The molecule has 0 atom stereocenters. The Morgan fingerprint density at radius 2 is 1.77 bits per heavy atom. The number of benzene rings is 1. The number of carbonyl (C=O) groups excluding carboxylic acids is 1. The summed E-state index contributed by atoms with van der Waals surface area (Å²) in [5.74, 6) is 0.601. The molecule has 8 heteroatoms. The molecule has 2 aromatic rings. The molecule has 162 valence electrons. The maximum absolute atomic E-state index is 13.2. The van der Waals surface area contributed by atoms with E-state index in [1.807, 2.05) is 31.2 Å². The second kappa shape index (κ2) is 8.51. The van der Waals surface area contributed by atoms with Crippen LogP contribution in [0.3, 0.4) is 0 Å². The van der Waals surface area contributed by atoms with Gasteiger partial charge in [0, 0.05) is 25.2 Å². The molecule has 1 aromatic carbocycles. The van der Waals surface area contributed by atoms with Gasteiger partial charge >= 0.3 is 0 Å². The Bertz CT molecular complexity index is 1020. The number of rotatable bonds is 7. The van der Waals surface area contributed by atoms with Crippen molar-refractivity contribution in [2.45, 2.75) is 57.4 Å². The van der Waals surface area contributed by atoms with E-state index in [9.17, 15) is 13.2 Å². The van der Waals surface area contributed by atoms with Gasteiger partial charge in [-0.2, -0.15) is 9.40 Å². The number of hydrogen-bond acceptors (Lipinski definition) is 4. The summed E-state index contributed by atoms with van der Waals surface area (Å²) < 4.78 is 29.6. The SMILES string of the molecule is Cc1nn(Cc2ccc(C(=O)NCC3CC3)cc2)c(C)c1S(=O)(=O)N1CCCCC1. The van der Waals surface area contributed by atoms with E-state index in [0.29, 0.717) is 47.4 Å². The number of aryl methyl sites for hydroxylation is 1. The van der Waals surface area contributed by atoms with Gasteiger partial charge in [0.1, 0.15) is 4.90 Å². The minimum atomic E-state index is -3.52. The van der Waals surface area contributed by atoms with E-state index in [0.717, 1.165) is 31.4 Å². The maximum atomic E-state index is 13.2. The summed E-state index contributed by atoms with van der Waals surface area (Å²) in [5.41, 5.74) is 2.81. The fourth-order valence-corrected chi connectivity index (χ4v) is 5.93. The average Bonchev–Trinajstić information content (AvgIpc) is 3.52. The van der Waals surface area contributed by atoms with E-state index >= 15 is 0 Å². The number of sulfonamides is 1. The smallest absolute Gasteiger partial charge is 0.251 e. The van der Waals surface area contributed by atoms with Gasteiger partial charge in [0.25, 0.3) is 5.91 Å². The van der Waals surface area contributed by atoms with Crippen LogP contribution in [0.15, 0.2) is 29.2 Å². The van der Waals surface area contributed by atoms with Crippen LogP contribution in [0.4, 0.5) is 0 Å². The molecule has 0 unspecified atom stereocenters. The lowest BCUT2D eigenvalue weighted by Crippen LogP contribution is -2.36. The third-order valence-corrected chi connectivity index (χ3v) is 8.18. The summed E-state index contributed by atoms with van der Waals surface area (Å²) in [6.07, 6.45) is 5.31. The van der Waals surface area contributed by atoms with Gasteiger partial charge in [-0.1, -0.05) is 18.6 Å². The highest BCUT2D eigenvalue weighted by Gasteiger charge is 2.31. The molecular weight excluding hydrogens is 400 g/mol. The van der Waals surface area contributed by atoms with Gasteiger partial charge in [-0.15, -0.1) is 0 Å². The first kappa shape index (κ1) is 21.1. The van der Waals surface area contributed by atoms with Crippen LogP contribution in [0, 0.1) is 19.8 Å². The van der Waals surface area contributed by atoms with E-state index in [2.05, 4.69) is 10.4 Å². The fourth-order valence-electron chi connectivity index (χ4n) is 4.04. The molecule has 1 aromatic heterocycles. The maximum Gasteiger partial charge on any atom is 0.251 e. The Kier molecular flexibility index (Phi) is 5.97. The highest BCUT2D eigenvalue weighted by atomic mass is 32.2. The molecule has 0 spiro atoms. The lowest BCUT2D eigenvalue weighted by molar-refractivity contribution is 0.0952. The van der Waals surface area contributed by atoms with Crippen LogP contribution in [0.25, 0.3) is 0 Å². The van der Waals surface area contributed by atoms with Crippen LogP contribution < -0.4 is 5.32 Å². The van der Waals surface area contributed by atoms with E-state index in [-0.39, 0.29) is 5.91 Å². The molecule has 1 aliphatic heterocycles. The number of nitrogens with one attached hydrogen (secondary N) is 1. The quantitative estimate of drug-likeness (QED) is 0.732. The number of hydrogen-bond donors (Lipinski definition) is 1. The fraction of sp³-hybridized carbons (Fsp3) is 0.545. The zero-order valence-electron chi connectivity index (χ0n) is 17.7. The molecule has 1 saturated carbocycles. The molecule has 0 radical (unpaired) electrons. The molecule has 30 heavy (non-hydrogen) atoms. The summed E-state index contributed by atoms with van der Waals surface area (Å²) in [4.78, 5) is 12.5. The highest BCUT2D eigenvalue weighted by molar-refractivity contribution is 7.89. The second-order valence-electron chi connectivity index (χ2n) is 8.47. The van der Waals surface area contributed by atoms with Crippen LogP contribution in [0.1, 0.15) is 59.4 Å². The zero-order valence-corrected chi connectivity index (χ0v) is 18.5. The Morgan fingerprint density at radius 3 is 2.40 bits per heavy atom. The molecule has 2 heterocycles. The second-order valence-corrected chi connectivity index (χ2v) is 10.3. The molecule has 4 rings (SSSR count). The van der Waals surface area contributed by atoms with Gasteiger partial charge in [0.15, 0.2) is 0 Å². The monoisotopic (exact) mass is 430 g/mol. The number of amides is 1. The Balaban J connectivity index is 1.48. The summed E-state index contributed by atoms with van der Waals surface area (Å²) in [5, 5.41) is 7.48. The molecule has 0 bridgehead atoms. The van der Waals surface area contributed by atoms with Gasteiger partial charge in [-0.05, 0) is 63.1 Å². The van der Waals surface area contributed by atoms with E-state index in [1.54, 1.807) is 15.9 Å². The van der Waals surface area contributed by atoms with Crippen LogP contribution in [0.5, 0.6) is 0 Å². The summed E-state index contributed by atoms with van der Waals surface area (Å²) >= 11 is 0. The van der Waals surface area contributed by atoms with Crippen LogP contribution in [-0.2, 0) is 16.6 Å². The van der Waals surface area contributed by atoms with Crippen LogP contribution >= 0.6 is 0 Å². The first-order valence-electron chi connectivity index (χ1n) is 10.8. The number of carbonyl (C=O) groups is 1. The Labute approximate surface area is 178 Å². The van der Waals surface area contributed by atoms with Gasteiger partial charge < -0.3 is 5.32 Å². The van der Waals surface area contributed by atoms with Gasteiger partial charge in [0.2, 0.25) is 10.0 Å². The van der Waals surface area contributed by atoms with Crippen molar-refractivity contribution >= 4 is 15.9 Å². The van der Waals surface area contributed by atoms with Gasteiger partial charge in [-0.3, -0.25) is 9.48 Å². The molecule has 2 fully saturated rings. The molecule has 1 N–H and O–H groups in total. The van der Waals surface area contributed by atoms with Gasteiger partial charge in [0.05, 0.1) is 17.9 Å². The van der Waals surface area contributed by atoms with Crippen molar-refractivity contribution in [3.8, 4) is 0 Å². The van der Waals surface area contributed by atoms with Crippen molar-refractivity contribution in [2.75, 3.05) is 19.6 Å². The molecule has 7 nitrogen and oxygen atoms in total. The zero-order chi connectivity index (χ0) is 21.3. The predicted molar refractivity (Wildman–Crippen MR) is 115 cm³/mol. The van der Waals surface area contributed by atoms with Crippen molar-refractivity contribution in [2.24, 2.45) is 5.92 Å². The lowest BCUT2D eigenvalue weighted by atomic mass is 10.1. The topological polar surface area (TPSA) is 84.3 Å². The van der Waals surface area contributed by atoms with Crippen LogP contribution in [0.2, 0.25) is 0 Å². The standard InChI is InChI=1S/C22H30N4O3S/c1-16-21(30(28,29)25-12-4-3-5-13-25)17(2)26(24-16)15-19-8-10-20(11-9-19)22(27)23-14-18-6-7-18/h8-11,18H,3-7,12-15H2,1-2H3,(H,23,27). The van der Waals surface area contributed by atoms with Crippen LogP contribution in [-0.4, -0.2) is 48.0 Å². The van der Waals surface area contributed by atoms with Gasteiger partial charge in [-0.25, -0.2) is 8.42 Å². The summed E-state index contributed by atoms with van der Waals surface area (Å²) in [6, 6.07) is 7.44. The normalized spacial score (nSPS) is 17.8. The number of nitrogens with zero attached hydrogens (tertiary/aromatic N) is 3. The highest BCUT2D eigenvalue weighted by Crippen LogP contribution is 2.28. The van der Waals surface area contributed by atoms with E-state index in [4.69, 9.17) is 0 Å².